The minimum Gasteiger partial charge on any atom is -0.329 e. The van der Waals surface area contributed by atoms with Crippen molar-refractivity contribution < 1.29 is 0 Å². The first-order valence-corrected chi connectivity index (χ1v) is 6.96. The molecule has 1 saturated carbocycles. The van der Waals surface area contributed by atoms with E-state index in [0.717, 1.165) is 12.5 Å². The van der Waals surface area contributed by atoms with Crippen molar-refractivity contribution in [1.82, 2.24) is 0 Å². The summed E-state index contributed by atoms with van der Waals surface area (Å²) in [7, 11) is 0. The standard InChI is InChI=1S/C12H16BrNS/c1-2-9-7-12(9,8-14)15-11-6-4-3-5-10(11)13/h3-6,9H,2,7-8,14H2,1H3. The molecule has 0 aliphatic heterocycles. The zero-order valence-electron chi connectivity index (χ0n) is 8.87. The lowest BCUT2D eigenvalue weighted by molar-refractivity contribution is 0.718. The van der Waals surface area contributed by atoms with E-state index in [9.17, 15) is 0 Å². The van der Waals surface area contributed by atoms with Gasteiger partial charge in [-0.3, -0.25) is 0 Å². The van der Waals surface area contributed by atoms with E-state index >= 15 is 0 Å². The van der Waals surface area contributed by atoms with Gasteiger partial charge < -0.3 is 5.73 Å². The highest BCUT2D eigenvalue weighted by Gasteiger charge is 2.52. The van der Waals surface area contributed by atoms with Crippen LogP contribution in [0, 0.1) is 5.92 Å². The van der Waals surface area contributed by atoms with Crippen molar-refractivity contribution in [3.8, 4) is 0 Å². The first-order chi connectivity index (χ1) is 7.22. The Bertz CT molecular complexity index is 355. The van der Waals surface area contributed by atoms with E-state index in [1.807, 2.05) is 17.8 Å². The van der Waals surface area contributed by atoms with Crippen molar-refractivity contribution in [2.45, 2.75) is 29.4 Å². The van der Waals surface area contributed by atoms with Crippen LogP contribution in [0.1, 0.15) is 19.8 Å². The summed E-state index contributed by atoms with van der Waals surface area (Å²) in [5.41, 5.74) is 5.90. The lowest BCUT2D eigenvalue weighted by atomic mass is 10.2. The SMILES string of the molecule is CCC1CC1(CN)Sc1ccccc1Br. The largest absolute Gasteiger partial charge is 0.329 e. The Morgan fingerprint density at radius 2 is 2.27 bits per heavy atom. The van der Waals surface area contributed by atoms with E-state index in [1.165, 1.54) is 22.2 Å². The van der Waals surface area contributed by atoms with Gasteiger partial charge in [0.2, 0.25) is 0 Å². The molecule has 2 unspecified atom stereocenters. The molecule has 1 aliphatic carbocycles. The molecule has 1 aliphatic rings. The van der Waals surface area contributed by atoms with Crippen molar-refractivity contribution in [1.29, 1.82) is 0 Å². The minimum absolute atomic E-state index is 0.318. The highest BCUT2D eigenvalue weighted by Crippen LogP contribution is 2.58. The van der Waals surface area contributed by atoms with Gasteiger partial charge in [-0.15, -0.1) is 11.8 Å². The summed E-state index contributed by atoms with van der Waals surface area (Å²) >= 11 is 5.53. The smallest absolute Gasteiger partial charge is 0.0361 e. The van der Waals surface area contributed by atoms with E-state index in [-0.39, 0.29) is 0 Å². The fourth-order valence-electron chi connectivity index (χ4n) is 2.04. The van der Waals surface area contributed by atoms with Crippen LogP contribution in [0.25, 0.3) is 0 Å². The van der Waals surface area contributed by atoms with Crippen LogP contribution in [0.4, 0.5) is 0 Å². The predicted molar refractivity (Wildman–Crippen MR) is 70.2 cm³/mol. The van der Waals surface area contributed by atoms with Gasteiger partial charge in [-0.2, -0.15) is 0 Å². The van der Waals surface area contributed by atoms with Gasteiger partial charge in [-0.05, 0) is 40.4 Å². The van der Waals surface area contributed by atoms with Gasteiger partial charge in [0.05, 0.1) is 0 Å². The predicted octanol–water partition coefficient (Wildman–Crippen LogP) is 3.67. The summed E-state index contributed by atoms with van der Waals surface area (Å²) in [6, 6.07) is 8.39. The monoisotopic (exact) mass is 285 g/mol. The van der Waals surface area contributed by atoms with Gasteiger partial charge in [-0.1, -0.05) is 25.5 Å². The Balaban J connectivity index is 2.12. The van der Waals surface area contributed by atoms with Crippen LogP contribution in [-0.2, 0) is 0 Å². The van der Waals surface area contributed by atoms with E-state index in [4.69, 9.17) is 5.73 Å². The molecule has 0 heterocycles. The molecule has 0 amide bonds. The molecule has 1 fully saturated rings. The highest BCUT2D eigenvalue weighted by molar-refractivity contribution is 9.10. The molecule has 0 radical (unpaired) electrons. The summed E-state index contributed by atoms with van der Waals surface area (Å²) in [6.45, 7) is 3.04. The number of halogens is 1. The van der Waals surface area contributed by atoms with Crippen LogP contribution < -0.4 is 5.73 Å². The Kier molecular flexibility index (Phi) is 3.43. The maximum Gasteiger partial charge on any atom is 0.0361 e. The number of rotatable bonds is 4. The minimum atomic E-state index is 0.318. The Morgan fingerprint density at radius 3 is 2.80 bits per heavy atom. The summed E-state index contributed by atoms with van der Waals surface area (Å²) in [5, 5.41) is 0. The Hall–Kier alpha value is 0.01000. The summed E-state index contributed by atoms with van der Waals surface area (Å²) < 4.78 is 1.50. The molecule has 0 saturated heterocycles. The molecule has 3 heteroatoms. The molecule has 0 spiro atoms. The summed E-state index contributed by atoms with van der Waals surface area (Å²) in [5.74, 6) is 0.805. The second-order valence-electron chi connectivity index (χ2n) is 4.11. The molecule has 2 atom stereocenters. The van der Waals surface area contributed by atoms with Crippen LogP contribution in [-0.4, -0.2) is 11.3 Å². The maximum atomic E-state index is 5.90. The number of benzene rings is 1. The van der Waals surface area contributed by atoms with E-state index in [0.29, 0.717) is 4.75 Å². The number of thioether (sulfide) groups is 1. The third-order valence-electron chi connectivity index (χ3n) is 3.16. The quantitative estimate of drug-likeness (QED) is 0.914. The zero-order chi connectivity index (χ0) is 10.9. The van der Waals surface area contributed by atoms with Crippen molar-refractivity contribution in [3.05, 3.63) is 28.7 Å². The van der Waals surface area contributed by atoms with Crippen LogP contribution in [0.2, 0.25) is 0 Å². The van der Waals surface area contributed by atoms with Gasteiger partial charge >= 0.3 is 0 Å². The molecular formula is C12H16BrNS. The van der Waals surface area contributed by atoms with Crippen LogP contribution in [0.3, 0.4) is 0 Å². The average molecular weight is 286 g/mol. The Morgan fingerprint density at radius 1 is 1.53 bits per heavy atom. The first kappa shape index (κ1) is 11.5. The molecule has 1 aromatic carbocycles. The lowest BCUT2D eigenvalue weighted by Gasteiger charge is -2.15. The Labute approximate surface area is 104 Å². The lowest BCUT2D eigenvalue weighted by Crippen LogP contribution is -2.20. The molecule has 0 aromatic heterocycles. The zero-order valence-corrected chi connectivity index (χ0v) is 11.3. The second-order valence-corrected chi connectivity index (χ2v) is 6.42. The van der Waals surface area contributed by atoms with Crippen LogP contribution in [0.15, 0.2) is 33.6 Å². The first-order valence-electron chi connectivity index (χ1n) is 5.35. The molecule has 2 N–H and O–H groups in total. The molecule has 1 aromatic rings. The van der Waals surface area contributed by atoms with Crippen molar-refractivity contribution in [2.75, 3.05) is 6.54 Å². The topological polar surface area (TPSA) is 26.0 Å². The van der Waals surface area contributed by atoms with E-state index in [1.54, 1.807) is 0 Å². The van der Waals surface area contributed by atoms with Gasteiger partial charge in [0.15, 0.2) is 0 Å². The highest BCUT2D eigenvalue weighted by atomic mass is 79.9. The fraction of sp³-hybridized carbons (Fsp3) is 0.500. The summed E-state index contributed by atoms with van der Waals surface area (Å²) in [4.78, 5) is 1.32. The third-order valence-corrected chi connectivity index (χ3v) is 5.77. The summed E-state index contributed by atoms with van der Waals surface area (Å²) in [6.07, 6.45) is 2.51. The third kappa shape index (κ3) is 2.24. The van der Waals surface area contributed by atoms with Gasteiger partial charge in [-0.25, -0.2) is 0 Å². The van der Waals surface area contributed by atoms with Gasteiger partial charge in [0, 0.05) is 20.7 Å². The fourth-order valence-corrected chi connectivity index (χ4v) is 4.02. The maximum absolute atomic E-state index is 5.90. The van der Waals surface area contributed by atoms with Gasteiger partial charge in [0.25, 0.3) is 0 Å². The molecule has 0 bridgehead atoms. The van der Waals surface area contributed by atoms with E-state index < -0.39 is 0 Å². The van der Waals surface area contributed by atoms with Crippen LogP contribution in [0.5, 0.6) is 0 Å². The molecule has 2 rings (SSSR count). The van der Waals surface area contributed by atoms with E-state index in [2.05, 4.69) is 41.1 Å². The molecule has 15 heavy (non-hydrogen) atoms. The van der Waals surface area contributed by atoms with Crippen molar-refractivity contribution in [3.63, 3.8) is 0 Å². The van der Waals surface area contributed by atoms with Crippen LogP contribution >= 0.6 is 27.7 Å². The van der Waals surface area contributed by atoms with Crippen molar-refractivity contribution >= 4 is 27.7 Å². The number of nitrogens with two attached hydrogens (primary N) is 1. The average Bonchev–Trinajstić information content (AvgIpc) is 2.96. The molecule has 82 valence electrons. The number of hydrogen-bond donors (Lipinski definition) is 1. The van der Waals surface area contributed by atoms with Crippen molar-refractivity contribution in [2.24, 2.45) is 11.7 Å². The normalized spacial score (nSPS) is 29.1. The van der Waals surface area contributed by atoms with Gasteiger partial charge in [0.1, 0.15) is 0 Å². The second kappa shape index (κ2) is 4.48. The molecule has 1 nitrogen and oxygen atoms in total. The number of hydrogen-bond acceptors (Lipinski definition) is 2. The molecular weight excluding hydrogens is 270 g/mol.